The average Bonchev–Trinajstić information content (AvgIpc) is 3.44. The van der Waals surface area contributed by atoms with Gasteiger partial charge in [-0.15, -0.1) is 0 Å². The number of aliphatic imine (C=N–C) groups is 1. The number of halogens is 1. The van der Waals surface area contributed by atoms with Crippen molar-refractivity contribution in [2.24, 2.45) is 4.99 Å². The molecule has 0 saturated heterocycles. The summed E-state index contributed by atoms with van der Waals surface area (Å²) in [4.78, 5) is 23.7. The Labute approximate surface area is 269 Å². The quantitative estimate of drug-likeness (QED) is 0.0765. The van der Waals surface area contributed by atoms with E-state index in [1.807, 2.05) is 51.9 Å². The third-order valence-corrected chi connectivity index (χ3v) is 7.08. The monoisotopic (exact) mass is 634 g/mol. The first kappa shape index (κ1) is 32.7. The van der Waals surface area contributed by atoms with Gasteiger partial charge in [0.15, 0.2) is 11.5 Å². The maximum absolute atomic E-state index is 13.5. The molecule has 5 aromatic rings. The zero-order valence-corrected chi connectivity index (χ0v) is 25.1. The van der Waals surface area contributed by atoms with Crippen molar-refractivity contribution < 1.29 is 19.7 Å². The summed E-state index contributed by atoms with van der Waals surface area (Å²) < 4.78 is 15.4. The number of nitrogens with one attached hydrogen (secondary N) is 1. The van der Waals surface area contributed by atoms with Crippen LogP contribution in [-0.4, -0.2) is 75.8 Å². The second-order valence-corrected chi connectivity index (χ2v) is 10.5. The Kier molecular flexibility index (Phi) is 10.1. The molecule has 0 atom stereocenters. The van der Waals surface area contributed by atoms with E-state index in [-0.39, 0.29) is 13.0 Å². The van der Waals surface area contributed by atoms with Crippen molar-refractivity contribution in [2.45, 2.75) is 25.4 Å². The zero-order chi connectivity index (χ0) is 33.4. The lowest BCUT2D eigenvalue weighted by Gasteiger charge is -2.24. The van der Waals surface area contributed by atoms with Crippen molar-refractivity contribution in [3.8, 4) is 34.5 Å². The minimum absolute atomic E-state index is 0.187. The summed E-state index contributed by atoms with van der Waals surface area (Å²) in [6.07, 6.45) is 7.81. The molecule has 4 aromatic heterocycles. The first-order chi connectivity index (χ1) is 22.6. The van der Waals surface area contributed by atoms with E-state index in [1.165, 1.54) is 12.3 Å². The molecule has 47 heavy (non-hydrogen) atoms. The molecule has 0 bridgehead atoms. The van der Waals surface area contributed by atoms with Gasteiger partial charge in [0.2, 0.25) is 5.84 Å². The second-order valence-electron chi connectivity index (χ2n) is 10.5. The number of fused-ring (bicyclic) bond motifs is 1. The first-order valence-corrected chi connectivity index (χ1v) is 14.5. The predicted molar refractivity (Wildman–Crippen MR) is 175 cm³/mol. The van der Waals surface area contributed by atoms with E-state index in [9.17, 15) is 19.7 Å². The number of hydrogen-bond donors (Lipinski definition) is 5. The number of amidine groups is 1. The second kappa shape index (κ2) is 14.6. The number of pyridine rings is 3. The summed E-state index contributed by atoms with van der Waals surface area (Å²) in [5.41, 5.74) is 10.7. The summed E-state index contributed by atoms with van der Waals surface area (Å²) in [5, 5.41) is 44.3. The Morgan fingerprint density at radius 1 is 1.04 bits per heavy atom. The minimum Gasteiger partial charge on any atom is -0.383 e. The van der Waals surface area contributed by atoms with Crippen molar-refractivity contribution >= 4 is 29.0 Å². The highest BCUT2D eigenvalue weighted by atomic mass is 19.1. The number of rotatable bonds is 12. The number of aliphatic hydroxyl groups is 3. The van der Waals surface area contributed by atoms with Crippen LogP contribution in [-0.2, 0) is 6.54 Å². The average molecular weight is 635 g/mol. The number of nitriles is 1. The molecule has 1 aromatic carbocycles. The Hall–Kier alpha value is -5.72. The van der Waals surface area contributed by atoms with Crippen molar-refractivity contribution in [1.29, 1.82) is 10.7 Å². The number of nitrogens with two attached hydrogens (primary N) is 1. The Morgan fingerprint density at radius 2 is 1.83 bits per heavy atom. The SMILES string of the molecule is N#CC(=N)N=C/C=C/CCN(CCC(O)(O)O)Cc1ccc(-n2c(-c3cccnc3N)nc3ccc(-c4ccc(F)cn4)nc32)cc1. The van der Waals surface area contributed by atoms with E-state index in [0.29, 0.717) is 59.3 Å². The first-order valence-electron chi connectivity index (χ1n) is 14.5. The van der Waals surface area contributed by atoms with Crippen molar-refractivity contribution in [3.63, 3.8) is 0 Å². The number of imidazole rings is 1. The van der Waals surface area contributed by atoms with Crippen LogP contribution in [0.25, 0.3) is 39.6 Å². The molecule has 13 nitrogen and oxygen atoms in total. The third-order valence-electron chi connectivity index (χ3n) is 7.08. The fraction of sp³-hybridized carbons (Fsp3) is 0.182. The van der Waals surface area contributed by atoms with Crippen molar-refractivity contribution in [1.82, 2.24) is 29.4 Å². The van der Waals surface area contributed by atoms with Gasteiger partial charge in [-0.25, -0.2) is 24.3 Å². The molecule has 238 valence electrons. The summed E-state index contributed by atoms with van der Waals surface area (Å²) in [6.45, 7) is 1.13. The minimum atomic E-state index is -2.80. The molecule has 0 unspecified atom stereocenters. The summed E-state index contributed by atoms with van der Waals surface area (Å²) >= 11 is 0. The number of nitrogen functional groups attached to an aromatic ring is 1. The fourth-order valence-electron chi connectivity index (χ4n) is 4.81. The van der Waals surface area contributed by atoms with Crippen LogP contribution in [0.2, 0.25) is 0 Å². The standard InChI is InChI=1S/C33H31FN10O3/c34-23-8-11-26(40-20-23)27-12-13-28-32(41-27)44(31(42-28)25-5-4-16-39-30(25)37)24-9-6-22(7-10-24)21-43(18-14-33(45,46)47)17-3-1-2-15-38-29(36)19-35/h1-2,4-13,15-16,20,36,45-47H,3,14,17-18,21H2,(H2,37,39)/b2-1+,36-29?,38-15?. The molecule has 0 aliphatic rings. The maximum Gasteiger partial charge on any atom is 0.276 e. The van der Waals surface area contributed by atoms with Crippen LogP contribution < -0.4 is 5.73 Å². The summed E-state index contributed by atoms with van der Waals surface area (Å²) in [6, 6.07) is 19.4. The zero-order valence-electron chi connectivity index (χ0n) is 25.1. The molecule has 0 saturated carbocycles. The molecule has 0 radical (unpaired) electrons. The lowest BCUT2D eigenvalue weighted by molar-refractivity contribution is -0.315. The van der Waals surface area contributed by atoms with Crippen LogP contribution in [0.3, 0.4) is 0 Å². The highest BCUT2D eigenvalue weighted by Crippen LogP contribution is 2.31. The lowest BCUT2D eigenvalue weighted by Crippen LogP contribution is -2.35. The van der Waals surface area contributed by atoms with E-state index in [4.69, 9.17) is 26.4 Å². The van der Waals surface area contributed by atoms with Gasteiger partial charge in [-0.3, -0.25) is 19.9 Å². The number of anilines is 1. The molecule has 14 heteroatoms. The van der Waals surface area contributed by atoms with Crippen LogP contribution in [0.15, 0.2) is 90.2 Å². The predicted octanol–water partition coefficient (Wildman–Crippen LogP) is 3.61. The largest absolute Gasteiger partial charge is 0.383 e. The molecule has 5 rings (SSSR count). The van der Waals surface area contributed by atoms with Gasteiger partial charge in [0, 0.05) is 44.2 Å². The van der Waals surface area contributed by atoms with Crippen LogP contribution in [0.4, 0.5) is 10.2 Å². The number of allylic oxidation sites excluding steroid dienone is 1. The van der Waals surface area contributed by atoms with Crippen LogP contribution >= 0.6 is 0 Å². The van der Waals surface area contributed by atoms with E-state index in [1.54, 1.807) is 36.5 Å². The third kappa shape index (κ3) is 8.51. The fourth-order valence-corrected chi connectivity index (χ4v) is 4.81. The van der Waals surface area contributed by atoms with E-state index >= 15 is 0 Å². The van der Waals surface area contributed by atoms with Crippen LogP contribution in [0, 0.1) is 22.6 Å². The number of nitrogens with zero attached hydrogens (tertiary/aromatic N) is 8. The Morgan fingerprint density at radius 3 is 2.53 bits per heavy atom. The normalized spacial score (nSPS) is 12.0. The van der Waals surface area contributed by atoms with Gasteiger partial charge in [-0.1, -0.05) is 18.2 Å². The summed E-state index contributed by atoms with van der Waals surface area (Å²) in [5.74, 6) is -2.82. The van der Waals surface area contributed by atoms with Gasteiger partial charge in [0.05, 0.1) is 23.1 Å². The molecular weight excluding hydrogens is 603 g/mol. The number of aromatic nitrogens is 5. The Bertz CT molecular complexity index is 1960. The number of hydrogen-bond acceptors (Lipinski definition) is 11. The summed E-state index contributed by atoms with van der Waals surface area (Å²) in [7, 11) is 0. The van der Waals surface area contributed by atoms with Gasteiger partial charge < -0.3 is 21.1 Å². The smallest absolute Gasteiger partial charge is 0.276 e. The topological polar surface area (TPSA) is 206 Å². The molecule has 0 aliphatic carbocycles. The van der Waals surface area contributed by atoms with Gasteiger partial charge in [0.25, 0.3) is 5.97 Å². The van der Waals surface area contributed by atoms with Gasteiger partial charge in [-0.05, 0) is 66.6 Å². The molecule has 4 heterocycles. The molecule has 0 amide bonds. The highest BCUT2D eigenvalue weighted by molar-refractivity contribution is 6.00. The molecule has 0 spiro atoms. The Balaban J connectivity index is 1.45. The van der Waals surface area contributed by atoms with E-state index in [0.717, 1.165) is 17.4 Å². The molecule has 0 aliphatic heterocycles. The maximum atomic E-state index is 13.5. The highest BCUT2D eigenvalue weighted by Gasteiger charge is 2.21. The van der Waals surface area contributed by atoms with E-state index < -0.39 is 17.6 Å². The van der Waals surface area contributed by atoms with Gasteiger partial charge in [0.1, 0.15) is 23.2 Å². The molecule has 0 fully saturated rings. The van der Waals surface area contributed by atoms with Crippen LogP contribution in [0.1, 0.15) is 18.4 Å². The van der Waals surface area contributed by atoms with Crippen molar-refractivity contribution in [3.05, 3.63) is 96.6 Å². The van der Waals surface area contributed by atoms with Crippen LogP contribution in [0.5, 0.6) is 0 Å². The van der Waals surface area contributed by atoms with Gasteiger partial charge in [-0.2, -0.15) is 5.26 Å². The molecule has 6 N–H and O–H groups in total. The lowest BCUT2D eigenvalue weighted by atomic mass is 10.1. The van der Waals surface area contributed by atoms with Gasteiger partial charge >= 0.3 is 0 Å². The number of benzene rings is 1. The van der Waals surface area contributed by atoms with Crippen molar-refractivity contribution in [2.75, 3.05) is 18.8 Å². The van der Waals surface area contributed by atoms with E-state index in [2.05, 4.69) is 15.0 Å². The molecular formula is C33H31FN10O3.